The highest BCUT2D eigenvalue weighted by Crippen LogP contribution is 2.18. The summed E-state index contributed by atoms with van der Waals surface area (Å²) in [6.45, 7) is 3.63. The van der Waals surface area contributed by atoms with Crippen molar-refractivity contribution in [3.63, 3.8) is 0 Å². The van der Waals surface area contributed by atoms with Crippen LogP contribution in [-0.2, 0) is 10.0 Å². The van der Waals surface area contributed by atoms with E-state index in [1.807, 2.05) is 24.3 Å². The Labute approximate surface area is 122 Å². The Kier molecular flexibility index (Phi) is 3.23. The second-order valence-corrected chi connectivity index (χ2v) is 6.16. The molecule has 0 unspecified atom stereocenters. The summed E-state index contributed by atoms with van der Waals surface area (Å²) in [6.07, 6.45) is 1.66. The molecule has 0 aliphatic carbocycles. The van der Waals surface area contributed by atoms with Crippen LogP contribution in [0.1, 0.15) is 5.56 Å². The molecule has 1 heterocycles. The molecule has 0 atom stereocenters. The zero-order valence-electron chi connectivity index (χ0n) is 11.1. The Bertz CT molecular complexity index is 863. The minimum Gasteiger partial charge on any atom is -0.323 e. The van der Waals surface area contributed by atoms with E-state index < -0.39 is 10.0 Å². The molecule has 0 saturated carbocycles. The molecule has 2 N–H and O–H groups in total. The normalized spacial score (nSPS) is 11.4. The maximum Gasteiger partial charge on any atom is 0.264 e. The summed E-state index contributed by atoms with van der Waals surface area (Å²) < 4.78 is 27.0. The molecule has 3 aromatic rings. The maximum absolute atomic E-state index is 12.3. The predicted molar refractivity (Wildman–Crippen MR) is 83.4 cm³/mol. The summed E-state index contributed by atoms with van der Waals surface area (Å²) in [4.78, 5) is 7.30. The van der Waals surface area contributed by atoms with E-state index in [2.05, 4.69) is 21.3 Å². The van der Waals surface area contributed by atoms with Crippen molar-refractivity contribution in [1.82, 2.24) is 9.97 Å². The zero-order chi connectivity index (χ0) is 14.9. The van der Waals surface area contributed by atoms with Gasteiger partial charge >= 0.3 is 0 Å². The highest BCUT2D eigenvalue weighted by atomic mass is 32.2. The molecular formula is C15H13N3O2S. The molecule has 2 aromatic carbocycles. The lowest BCUT2D eigenvalue weighted by Gasteiger charge is -2.05. The van der Waals surface area contributed by atoms with Crippen LogP contribution < -0.4 is 4.72 Å². The van der Waals surface area contributed by atoms with Gasteiger partial charge < -0.3 is 4.98 Å². The number of H-pyrrole nitrogens is 1. The number of fused-ring (bicyclic) bond motifs is 1. The monoisotopic (exact) mass is 299 g/mol. The Morgan fingerprint density at radius 2 is 1.81 bits per heavy atom. The fourth-order valence-electron chi connectivity index (χ4n) is 1.97. The number of para-hydroxylation sites is 2. The SMILES string of the molecule is C=Cc1ccc(S(=O)(=O)Nc2nc3ccccc3[nH]2)cc1. The van der Waals surface area contributed by atoms with Crippen LogP contribution in [-0.4, -0.2) is 18.4 Å². The van der Waals surface area contributed by atoms with Gasteiger partial charge in [-0.15, -0.1) is 0 Å². The molecule has 6 heteroatoms. The van der Waals surface area contributed by atoms with Crippen LogP contribution in [0.25, 0.3) is 17.1 Å². The zero-order valence-corrected chi connectivity index (χ0v) is 11.9. The van der Waals surface area contributed by atoms with Crippen LogP contribution in [0.4, 0.5) is 5.95 Å². The van der Waals surface area contributed by atoms with Gasteiger partial charge in [-0.3, -0.25) is 0 Å². The van der Waals surface area contributed by atoms with Crippen molar-refractivity contribution < 1.29 is 8.42 Å². The van der Waals surface area contributed by atoms with Crippen molar-refractivity contribution in [2.24, 2.45) is 0 Å². The van der Waals surface area contributed by atoms with Crippen molar-refractivity contribution >= 4 is 33.1 Å². The Balaban J connectivity index is 1.92. The summed E-state index contributed by atoms with van der Waals surface area (Å²) in [7, 11) is -3.66. The van der Waals surface area contributed by atoms with Crippen LogP contribution in [0.15, 0.2) is 60.0 Å². The molecule has 0 amide bonds. The number of hydrogen-bond acceptors (Lipinski definition) is 3. The average Bonchev–Trinajstić information content (AvgIpc) is 2.88. The maximum atomic E-state index is 12.3. The Morgan fingerprint density at radius 3 is 2.48 bits per heavy atom. The van der Waals surface area contributed by atoms with Crippen LogP contribution in [0.3, 0.4) is 0 Å². The van der Waals surface area contributed by atoms with E-state index in [9.17, 15) is 8.42 Å². The highest BCUT2D eigenvalue weighted by Gasteiger charge is 2.15. The van der Waals surface area contributed by atoms with Crippen molar-refractivity contribution in [3.8, 4) is 0 Å². The molecule has 0 bridgehead atoms. The molecular weight excluding hydrogens is 286 g/mol. The smallest absolute Gasteiger partial charge is 0.264 e. The van der Waals surface area contributed by atoms with E-state index in [-0.39, 0.29) is 10.8 Å². The summed E-state index contributed by atoms with van der Waals surface area (Å²) in [5.74, 6) is 0.198. The van der Waals surface area contributed by atoms with Crippen molar-refractivity contribution in [2.75, 3.05) is 4.72 Å². The van der Waals surface area contributed by atoms with E-state index in [1.54, 1.807) is 18.2 Å². The van der Waals surface area contributed by atoms with Gasteiger partial charge in [-0.05, 0) is 29.8 Å². The van der Waals surface area contributed by atoms with Crippen molar-refractivity contribution in [1.29, 1.82) is 0 Å². The second kappa shape index (κ2) is 5.06. The molecule has 0 fully saturated rings. The Hall–Kier alpha value is -2.60. The average molecular weight is 299 g/mol. The fourth-order valence-corrected chi connectivity index (χ4v) is 2.93. The Morgan fingerprint density at radius 1 is 1.10 bits per heavy atom. The molecule has 21 heavy (non-hydrogen) atoms. The number of aromatic amines is 1. The van der Waals surface area contributed by atoms with E-state index >= 15 is 0 Å². The van der Waals surface area contributed by atoms with Gasteiger partial charge in [0.05, 0.1) is 15.9 Å². The lowest BCUT2D eigenvalue weighted by atomic mass is 10.2. The number of anilines is 1. The fraction of sp³-hybridized carbons (Fsp3) is 0. The first kappa shape index (κ1) is 13.4. The highest BCUT2D eigenvalue weighted by molar-refractivity contribution is 7.92. The molecule has 0 aliphatic heterocycles. The molecule has 0 aliphatic rings. The van der Waals surface area contributed by atoms with Gasteiger partial charge in [-0.1, -0.05) is 36.9 Å². The minimum absolute atomic E-state index is 0.175. The number of rotatable bonds is 4. The number of nitrogens with zero attached hydrogens (tertiary/aromatic N) is 1. The largest absolute Gasteiger partial charge is 0.323 e. The summed E-state index contributed by atoms with van der Waals surface area (Å²) >= 11 is 0. The number of benzene rings is 2. The topological polar surface area (TPSA) is 74.8 Å². The van der Waals surface area contributed by atoms with Crippen LogP contribution in [0.2, 0.25) is 0 Å². The number of sulfonamides is 1. The van der Waals surface area contributed by atoms with E-state index in [1.165, 1.54) is 12.1 Å². The van der Waals surface area contributed by atoms with E-state index in [4.69, 9.17) is 0 Å². The first-order valence-electron chi connectivity index (χ1n) is 6.28. The first-order valence-corrected chi connectivity index (χ1v) is 7.77. The predicted octanol–water partition coefficient (Wildman–Crippen LogP) is 3.01. The summed E-state index contributed by atoms with van der Waals surface area (Å²) in [6, 6.07) is 13.8. The second-order valence-electron chi connectivity index (χ2n) is 4.48. The van der Waals surface area contributed by atoms with Crippen molar-refractivity contribution in [3.05, 3.63) is 60.7 Å². The van der Waals surface area contributed by atoms with Crippen LogP contribution in [0.5, 0.6) is 0 Å². The van der Waals surface area contributed by atoms with E-state index in [0.717, 1.165) is 11.1 Å². The quantitative estimate of drug-likeness (QED) is 0.777. The number of hydrogen-bond donors (Lipinski definition) is 2. The van der Waals surface area contributed by atoms with Crippen molar-refractivity contribution in [2.45, 2.75) is 4.90 Å². The molecule has 3 rings (SSSR count). The molecule has 5 nitrogen and oxygen atoms in total. The third kappa shape index (κ3) is 2.66. The van der Waals surface area contributed by atoms with E-state index in [0.29, 0.717) is 5.52 Å². The molecule has 1 aromatic heterocycles. The van der Waals surface area contributed by atoms with Gasteiger partial charge in [0.2, 0.25) is 5.95 Å². The number of aromatic nitrogens is 2. The van der Waals surface area contributed by atoms with Gasteiger partial charge in [0.25, 0.3) is 10.0 Å². The van der Waals surface area contributed by atoms with Gasteiger partial charge in [-0.2, -0.15) is 0 Å². The third-order valence-electron chi connectivity index (χ3n) is 3.05. The molecule has 0 spiro atoms. The summed E-state index contributed by atoms with van der Waals surface area (Å²) in [5, 5.41) is 0. The number of imidazole rings is 1. The molecule has 0 saturated heterocycles. The van der Waals surface area contributed by atoms with Crippen LogP contribution >= 0.6 is 0 Å². The third-order valence-corrected chi connectivity index (χ3v) is 4.40. The first-order chi connectivity index (χ1) is 10.1. The standard InChI is InChI=1S/C15H13N3O2S/c1-2-11-7-9-12(10-8-11)21(19,20)18-15-16-13-5-3-4-6-14(13)17-15/h2-10H,1H2,(H2,16,17,18). The van der Waals surface area contributed by atoms with Gasteiger partial charge in [0, 0.05) is 0 Å². The lowest BCUT2D eigenvalue weighted by Crippen LogP contribution is -2.13. The van der Waals surface area contributed by atoms with Crippen LogP contribution in [0, 0.1) is 0 Å². The summed E-state index contributed by atoms with van der Waals surface area (Å²) in [5.41, 5.74) is 2.34. The van der Waals surface area contributed by atoms with Gasteiger partial charge in [-0.25, -0.2) is 18.1 Å². The van der Waals surface area contributed by atoms with Gasteiger partial charge in [0.15, 0.2) is 0 Å². The minimum atomic E-state index is -3.66. The lowest BCUT2D eigenvalue weighted by molar-refractivity contribution is 0.601. The molecule has 0 radical (unpaired) electrons. The van der Waals surface area contributed by atoms with Gasteiger partial charge in [0.1, 0.15) is 0 Å². The number of nitrogens with one attached hydrogen (secondary N) is 2. The molecule has 106 valence electrons.